The van der Waals surface area contributed by atoms with E-state index in [9.17, 15) is 5.11 Å². The SMILES string of the molecule is CCCCOCC(O)COc1ccc(OCC)c2ccccc12. The van der Waals surface area contributed by atoms with Crippen molar-refractivity contribution in [3.05, 3.63) is 36.4 Å². The average Bonchev–Trinajstić information content (AvgIpc) is 2.58. The fourth-order valence-corrected chi connectivity index (χ4v) is 2.35. The molecule has 0 fully saturated rings. The summed E-state index contributed by atoms with van der Waals surface area (Å²) in [6.07, 6.45) is 1.47. The highest BCUT2D eigenvalue weighted by atomic mass is 16.5. The molecule has 1 unspecified atom stereocenters. The standard InChI is InChI=1S/C19H26O4/c1-3-5-12-21-13-15(20)14-23-19-11-10-18(22-4-2)16-8-6-7-9-17(16)19/h6-11,15,20H,3-5,12-14H2,1-2H3. The van der Waals surface area contributed by atoms with Crippen LogP contribution in [0.4, 0.5) is 0 Å². The van der Waals surface area contributed by atoms with Gasteiger partial charge in [0.1, 0.15) is 24.2 Å². The van der Waals surface area contributed by atoms with Gasteiger partial charge in [-0.1, -0.05) is 37.6 Å². The Hall–Kier alpha value is -1.78. The van der Waals surface area contributed by atoms with Gasteiger partial charge in [-0.2, -0.15) is 0 Å². The van der Waals surface area contributed by atoms with Gasteiger partial charge in [-0.15, -0.1) is 0 Å². The Balaban J connectivity index is 1.99. The predicted octanol–water partition coefficient (Wildman–Crippen LogP) is 3.79. The normalized spacial score (nSPS) is 12.3. The number of aliphatic hydroxyl groups is 1. The molecule has 1 N–H and O–H groups in total. The number of ether oxygens (including phenoxy) is 3. The molecule has 1 atom stereocenters. The molecule has 0 heterocycles. The van der Waals surface area contributed by atoms with Gasteiger partial charge < -0.3 is 19.3 Å². The molecule has 0 radical (unpaired) electrons. The molecule has 0 saturated carbocycles. The van der Waals surface area contributed by atoms with Gasteiger partial charge in [-0.3, -0.25) is 0 Å². The third-order valence-electron chi connectivity index (χ3n) is 3.53. The van der Waals surface area contributed by atoms with Crippen molar-refractivity contribution in [1.29, 1.82) is 0 Å². The summed E-state index contributed by atoms with van der Waals surface area (Å²) in [7, 11) is 0. The first-order valence-electron chi connectivity index (χ1n) is 8.29. The monoisotopic (exact) mass is 318 g/mol. The molecular formula is C19H26O4. The number of hydrogen-bond acceptors (Lipinski definition) is 4. The molecule has 0 spiro atoms. The lowest BCUT2D eigenvalue weighted by Crippen LogP contribution is -2.23. The van der Waals surface area contributed by atoms with E-state index in [1.165, 1.54) is 0 Å². The molecule has 0 aromatic heterocycles. The molecule has 0 aliphatic heterocycles. The highest BCUT2D eigenvalue weighted by Gasteiger charge is 2.10. The molecule has 2 aromatic carbocycles. The third-order valence-corrected chi connectivity index (χ3v) is 3.53. The van der Waals surface area contributed by atoms with Crippen molar-refractivity contribution < 1.29 is 19.3 Å². The second-order valence-corrected chi connectivity index (χ2v) is 5.43. The summed E-state index contributed by atoms with van der Waals surface area (Å²) in [4.78, 5) is 0. The maximum atomic E-state index is 9.95. The molecule has 0 bridgehead atoms. The van der Waals surface area contributed by atoms with Crippen LogP contribution in [0.15, 0.2) is 36.4 Å². The lowest BCUT2D eigenvalue weighted by atomic mass is 10.1. The largest absolute Gasteiger partial charge is 0.493 e. The number of unbranched alkanes of at least 4 members (excludes halogenated alkanes) is 1. The number of rotatable bonds is 10. The predicted molar refractivity (Wildman–Crippen MR) is 92.3 cm³/mol. The zero-order valence-electron chi connectivity index (χ0n) is 14.0. The number of fused-ring (bicyclic) bond motifs is 1. The van der Waals surface area contributed by atoms with Gasteiger partial charge in [-0.05, 0) is 25.5 Å². The molecule has 2 aromatic rings. The first kappa shape index (κ1) is 17.6. The smallest absolute Gasteiger partial charge is 0.127 e. The maximum Gasteiger partial charge on any atom is 0.127 e. The second kappa shape index (κ2) is 9.38. The average molecular weight is 318 g/mol. The van der Waals surface area contributed by atoms with Crippen LogP contribution in [0.2, 0.25) is 0 Å². The summed E-state index contributed by atoms with van der Waals surface area (Å²) in [5.41, 5.74) is 0. The Morgan fingerprint density at radius 1 is 0.913 bits per heavy atom. The van der Waals surface area contributed by atoms with Crippen LogP contribution in [0.25, 0.3) is 10.8 Å². The zero-order valence-corrected chi connectivity index (χ0v) is 14.0. The fraction of sp³-hybridized carbons (Fsp3) is 0.474. The van der Waals surface area contributed by atoms with Crippen molar-refractivity contribution in [2.45, 2.75) is 32.8 Å². The number of hydrogen-bond donors (Lipinski definition) is 1. The van der Waals surface area contributed by atoms with Crippen molar-refractivity contribution in [2.24, 2.45) is 0 Å². The minimum Gasteiger partial charge on any atom is -0.493 e. The van der Waals surface area contributed by atoms with Crippen LogP contribution < -0.4 is 9.47 Å². The van der Waals surface area contributed by atoms with Crippen LogP contribution in [0, 0.1) is 0 Å². The van der Waals surface area contributed by atoms with Crippen LogP contribution in [0.3, 0.4) is 0 Å². The van der Waals surface area contributed by atoms with E-state index in [-0.39, 0.29) is 6.61 Å². The quantitative estimate of drug-likeness (QED) is 0.677. The molecule has 23 heavy (non-hydrogen) atoms. The second-order valence-electron chi connectivity index (χ2n) is 5.43. The molecular weight excluding hydrogens is 292 g/mol. The minimum absolute atomic E-state index is 0.212. The van der Waals surface area contributed by atoms with Crippen LogP contribution in [0.1, 0.15) is 26.7 Å². The Bertz CT molecular complexity index is 597. The van der Waals surface area contributed by atoms with E-state index in [1.807, 2.05) is 43.3 Å². The Morgan fingerprint density at radius 3 is 2.17 bits per heavy atom. The van der Waals surface area contributed by atoms with E-state index < -0.39 is 6.10 Å². The van der Waals surface area contributed by atoms with Gasteiger partial charge in [0.15, 0.2) is 0 Å². The van der Waals surface area contributed by atoms with E-state index in [0.29, 0.717) is 19.8 Å². The van der Waals surface area contributed by atoms with Crippen molar-refractivity contribution >= 4 is 10.8 Å². The van der Waals surface area contributed by atoms with Gasteiger partial charge in [0.25, 0.3) is 0 Å². The van der Waals surface area contributed by atoms with E-state index in [4.69, 9.17) is 14.2 Å². The molecule has 126 valence electrons. The molecule has 0 saturated heterocycles. The van der Waals surface area contributed by atoms with Crippen molar-refractivity contribution in [3.63, 3.8) is 0 Å². The van der Waals surface area contributed by atoms with Crippen molar-refractivity contribution in [3.8, 4) is 11.5 Å². The molecule has 4 heteroatoms. The maximum absolute atomic E-state index is 9.95. The third kappa shape index (κ3) is 5.12. The molecule has 2 rings (SSSR count). The Kier molecular flexibility index (Phi) is 7.17. The van der Waals surface area contributed by atoms with Crippen LogP contribution in [-0.2, 0) is 4.74 Å². The Labute approximate surface area is 138 Å². The van der Waals surface area contributed by atoms with Crippen molar-refractivity contribution in [1.82, 2.24) is 0 Å². The fourth-order valence-electron chi connectivity index (χ4n) is 2.35. The van der Waals surface area contributed by atoms with Crippen LogP contribution >= 0.6 is 0 Å². The van der Waals surface area contributed by atoms with Crippen molar-refractivity contribution in [2.75, 3.05) is 26.4 Å². The van der Waals surface area contributed by atoms with Gasteiger partial charge in [-0.25, -0.2) is 0 Å². The highest BCUT2D eigenvalue weighted by Crippen LogP contribution is 2.33. The summed E-state index contributed by atoms with van der Waals surface area (Å²) in [5, 5.41) is 11.9. The Morgan fingerprint density at radius 2 is 1.57 bits per heavy atom. The summed E-state index contributed by atoms with van der Waals surface area (Å²) < 4.78 is 16.8. The summed E-state index contributed by atoms with van der Waals surface area (Å²) in [6.45, 7) is 5.89. The van der Waals surface area contributed by atoms with Gasteiger partial charge in [0.2, 0.25) is 0 Å². The lowest BCUT2D eigenvalue weighted by Gasteiger charge is -2.15. The number of aliphatic hydroxyl groups excluding tert-OH is 1. The van der Waals surface area contributed by atoms with Gasteiger partial charge in [0.05, 0.1) is 13.2 Å². The first-order chi connectivity index (χ1) is 11.3. The topological polar surface area (TPSA) is 47.9 Å². The molecule has 4 nitrogen and oxygen atoms in total. The summed E-state index contributed by atoms with van der Waals surface area (Å²) >= 11 is 0. The van der Waals surface area contributed by atoms with E-state index in [0.717, 1.165) is 35.1 Å². The number of benzene rings is 2. The van der Waals surface area contributed by atoms with Gasteiger partial charge in [0, 0.05) is 17.4 Å². The van der Waals surface area contributed by atoms with E-state index in [2.05, 4.69) is 6.92 Å². The molecule has 0 aliphatic rings. The van der Waals surface area contributed by atoms with Crippen LogP contribution in [0.5, 0.6) is 11.5 Å². The zero-order chi connectivity index (χ0) is 16.5. The van der Waals surface area contributed by atoms with Crippen LogP contribution in [-0.4, -0.2) is 37.6 Å². The van der Waals surface area contributed by atoms with E-state index in [1.54, 1.807) is 0 Å². The lowest BCUT2D eigenvalue weighted by molar-refractivity contribution is 0.0116. The summed E-state index contributed by atoms with van der Waals surface area (Å²) in [6, 6.07) is 11.7. The molecule has 0 aliphatic carbocycles. The molecule has 0 amide bonds. The van der Waals surface area contributed by atoms with Gasteiger partial charge >= 0.3 is 0 Å². The first-order valence-corrected chi connectivity index (χ1v) is 8.29. The summed E-state index contributed by atoms with van der Waals surface area (Å²) in [5.74, 6) is 1.59. The van der Waals surface area contributed by atoms with E-state index >= 15 is 0 Å². The highest BCUT2D eigenvalue weighted by molar-refractivity contribution is 5.93. The minimum atomic E-state index is -0.628.